The Morgan fingerprint density at radius 3 is 2.38 bits per heavy atom. The molecular formula is C8H9N3S2. The lowest BCUT2D eigenvalue weighted by Crippen LogP contribution is -1.86. The zero-order valence-corrected chi connectivity index (χ0v) is 8.58. The molecule has 68 valence electrons. The number of aromatic nitrogens is 2. The van der Waals surface area contributed by atoms with Crippen molar-refractivity contribution in [3.63, 3.8) is 0 Å². The van der Waals surface area contributed by atoms with Crippen LogP contribution in [0.25, 0.3) is 10.4 Å². The maximum atomic E-state index is 5.61. The first-order valence-corrected chi connectivity index (χ1v) is 4.28. The maximum Gasteiger partial charge on any atom is 0.166 e. The SMILES string of the molecule is Nc1nnsc1-c1ccccc1.S. The van der Waals surface area contributed by atoms with Crippen LogP contribution in [0.15, 0.2) is 30.3 Å². The van der Waals surface area contributed by atoms with Crippen LogP contribution in [-0.4, -0.2) is 9.59 Å². The smallest absolute Gasteiger partial charge is 0.166 e. The molecule has 0 saturated heterocycles. The van der Waals surface area contributed by atoms with Gasteiger partial charge >= 0.3 is 0 Å². The number of hydrogen-bond acceptors (Lipinski definition) is 4. The predicted molar refractivity (Wildman–Crippen MR) is 60.1 cm³/mol. The number of nitrogens with two attached hydrogens (primary N) is 1. The zero-order valence-electron chi connectivity index (χ0n) is 6.77. The van der Waals surface area contributed by atoms with Gasteiger partial charge in [0.15, 0.2) is 5.82 Å². The summed E-state index contributed by atoms with van der Waals surface area (Å²) in [7, 11) is 0. The molecule has 0 saturated carbocycles. The van der Waals surface area contributed by atoms with Gasteiger partial charge in [-0.25, -0.2) is 0 Å². The highest BCUT2D eigenvalue weighted by Gasteiger charge is 2.04. The van der Waals surface area contributed by atoms with Crippen LogP contribution in [0, 0.1) is 0 Å². The van der Waals surface area contributed by atoms with E-state index in [0.717, 1.165) is 10.4 Å². The van der Waals surface area contributed by atoms with Crippen molar-refractivity contribution in [3.8, 4) is 10.4 Å². The first-order valence-electron chi connectivity index (χ1n) is 3.51. The van der Waals surface area contributed by atoms with Crippen LogP contribution in [-0.2, 0) is 0 Å². The van der Waals surface area contributed by atoms with Gasteiger partial charge in [0.1, 0.15) is 0 Å². The molecule has 0 aliphatic heterocycles. The molecule has 0 atom stereocenters. The monoisotopic (exact) mass is 211 g/mol. The summed E-state index contributed by atoms with van der Waals surface area (Å²) in [6, 6.07) is 9.88. The van der Waals surface area contributed by atoms with E-state index in [1.54, 1.807) is 0 Å². The molecule has 0 unspecified atom stereocenters. The molecule has 0 aliphatic carbocycles. The Hall–Kier alpha value is -1.07. The van der Waals surface area contributed by atoms with E-state index in [4.69, 9.17) is 5.73 Å². The van der Waals surface area contributed by atoms with Crippen molar-refractivity contribution in [2.24, 2.45) is 0 Å². The highest BCUT2D eigenvalue weighted by molar-refractivity contribution is 7.59. The molecule has 0 bridgehead atoms. The molecule has 2 N–H and O–H groups in total. The van der Waals surface area contributed by atoms with Crippen molar-refractivity contribution < 1.29 is 0 Å². The van der Waals surface area contributed by atoms with Gasteiger partial charge in [0.2, 0.25) is 0 Å². The van der Waals surface area contributed by atoms with Crippen LogP contribution in [0.5, 0.6) is 0 Å². The molecule has 3 nitrogen and oxygen atoms in total. The molecule has 0 amide bonds. The number of benzene rings is 1. The van der Waals surface area contributed by atoms with Crippen molar-refractivity contribution in [3.05, 3.63) is 30.3 Å². The summed E-state index contributed by atoms with van der Waals surface area (Å²) in [5.41, 5.74) is 6.68. The average molecular weight is 211 g/mol. The van der Waals surface area contributed by atoms with Crippen molar-refractivity contribution >= 4 is 30.8 Å². The highest BCUT2D eigenvalue weighted by atomic mass is 32.1. The van der Waals surface area contributed by atoms with Gasteiger partial charge in [-0.15, -0.1) is 5.10 Å². The Labute approximate surface area is 87.2 Å². The molecule has 0 aliphatic rings. The van der Waals surface area contributed by atoms with Crippen molar-refractivity contribution in [1.82, 2.24) is 9.59 Å². The molecule has 0 radical (unpaired) electrons. The van der Waals surface area contributed by atoms with E-state index in [-0.39, 0.29) is 13.5 Å². The molecule has 1 aromatic carbocycles. The summed E-state index contributed by atoms with van der Waals surface area (Å²) < 4.78 is 3.76. The van der Waals surface area contributed by atoms with Gasteiger partial charge in [0, 0.05) is 0 Å². The minimum atomic E-state index is 0. The van der Waals surface area contributed by atoms with Crippen LogP contribution in [0.1, 0.15) is 0 Å². The van der Waals surface area contributed by atoms with Gasteiger partial charge in [-0.2, -0.15) is 13.5 Å². The number of anilines is 1. The molecule has 0 spiro atoms. The van der Waals surface area contributed by atoms with E-state index in [2.05, 4.69) is 9.59 Å². The minimum absolute atomic E-state index is 0. The summed E-state index contributed by atoms with van der Waals surface area (Å²) in [6.45, 7) is 0. The van der Waals surface area contributed by atoms with E-state index in [1.807, 2.05) is 30.3 Å². The molecule has 5 heteroatoms. The first kappa shape index (κ1) is 10.0. The molecule has 2 aromatic rings. The molecular weight excluding hydrogens is 202 g/mol. The van der Waals surface area contributed by atoms with Crippen LogP contribution in [0.2, 0.25) is 0 Å². The Kier molecular flexibility index (Phi) is 3.27. The minimum Gasteiger partial charge on any atom is -0.381 e. The lowest BCUT2D eigenvalue weighted by molar-refractivity contribution is 1.17. The fourth-order valence-corrected chi connectivity index (χ4v) is 1.57. The second kappa shape index (κ2) is 4.25. The third kappa shape index (κ3) is 1.99. The molecule has 0 fully saturated rings. The Bertz CT molecular complexity index is 372. The van der Waals surface area contributed by atoms with Crippen molar-refractivity contribution in [2.45, 2.75) is 0 Å². The van der Waals surface area contributed by atoms with Gasteiger partial charge in [-0.05, 0) is 17.1 Å². The fourth-order valence-electron chi connectivity index (χ4n) is 0.988. The largest absolute Gasteiger partial charge is 0.381 e. The Morgan fingerprint density at radius 2 is 1.85 bits per heavy atom. The van der Waals surface area contributed by atoms with Gasteiger partial charge in [0.25, 0.3) is 0 Å². The second-order valence-corrected chi connectivity index (χ2v) is 3.11. The van der Waals surface area contributed by atoms with Gasteiger partial charge < -0.3 is 5.73 Å². The van der Waals surface area contributed by atoms with Crippen molar-refractivity contribution in [1.29, 1.82) is 0 Å². The second-order valence-electron chi connectivity index (χ2n) is 2.35. The van der Waals surface area contributed by atoms with Crippen LogP contribution in [0.4, 0.5) is 5.82 Å². The van der Waals surface area contributed by atoms with E-state index in [0.29, 0.717) is 5.82 Å². The quantitative estimate of drug-likeness (QED) is 0.783. The zero-order chi connectivity index (χ0) is 8.39. The normalized spacial score (nSPS) is 9.23. The van der Waals surface area contributed by atoms with Gasteiger partial charge in [-0.1, -0.05) is 34.8 Å². The lowest BCUT2D eigenvalue weighted by Gasteiger charge is -1.94. The Morgan fingerprint density at radius 1 is 1.15 bits per heavy atom. The number of nitrogen functional groups attached to an aromatic ring is 1. The molecule has 1 aromatic heterocycles. The summed E-state index contributed by atoms with van der Waals surface area (Å²) in [4.78, 5) is 0.940. The standard InChI is InChI=1S/C8H7N3S.H2S/c9-8-7(12-11-10-8)6-4-2-1-3-5-6;/h1-5H,9H2;1H2. The highest BCUT2D eigenvalue weighted by Crippen LogP contribution is 2.26. The van der Waals surface area contributed by atoms with Gasteiger partial charge in [0.05, 0.1) is 4.88 Å². The van der Waals surface area contributed by atoms with Crippen LogP contribution >= 0.6 is 25.0 Å². The number of rotatable bonds is 1. The van der Waals surface area contributed by atoms with E-state index < -0.39 is 0 Å². The summed E-state index contributed by atoms with van der Waals surface area (Å²) in [5, 5.41) is 3.74. The number of hydrogen-bond donors (Lipinski definition) is 1. The van der Waals surface area contributed by atoms with Crippen molar-refractivity contribution in [2.75, 3.05) is 5.73 Å². The lowest BCUT2D eigenvalue weighted by atomic mass is 10.2. The molecule has 13 heavy (non-hydrogen) atoms. The third-order valence-corrected chi connectivity index (χ3v) is 2.34. The summed E-state index contributed by atoms with van der Waals surface area (Å²) in [6.07, 6.45) is 0. The topological polar surface area (TPSA) is 51.8 Å². The molecule has 2 rings (SSSR count). The maximum absolute atomic E-state index is 5.61. The fraction of sp³-hybridized carbons (Fsp3) is 0. The van der Waals surface area contributed by atoms with Crippen LogP contribution in [0.3, 0.4) is 0 Å². The molecule has 1 heterocycles. The van der Waals surface area contributed by atoms with Gasteiger partial charge in [-0.3, -0.25) is 0 Å². The summed E-state index contributed by atoms with van der Waals surface area (Å²) in [5.74, 6) is 0.506. The average Bonchev–Trinajstić information content (AvgIpc) is 2.53. The third-order valence-electron chi connectivity index (χ3n) is 1.55. The van der Waals surface area contributed by atoms with E-state index in [1.165, 1.54) is 11.5 Å². The Balaban J connectivity index is 0.000000845. The number of nitrogens with zero attached hydrogens (tertiary/aromatic N) is 2. The van der Waals surface area contributed by atoms with E-state index in [9.17, 15) is 0 Å². The van der Waals surface area contributed by atoms with E-state index >= 15 is 0 Å². The predicted octanol–water partition coefficient (Wildman–Crippen LogP) is 1.90. The first-order chi connectivity index (χ1) is 5.88. The van der Waals surface area contributed by atoms with Crippen LogP contribution < -0.4 is 5.73 Å². The summed E-state index contributed by atoms with van der Waals surface area (Å²) >= 11 is 1.32.